The monoisotopic (exact) mass is 500 g/mol. The van der Waals surface area contributed by atoms with E-state index < -0.39 is 0 Å². The first-order chi connectivity index (χ1) is 17.9. The average Bonchev–Trinajstić information content (AvgIpc) is 3.64. The molecule has 0 spiro atoms. The van der Waals surface area contributed by atoms with Gasteiger partial charge in [0.1, 0.15) is 0 Å². The molecule has 0 aliphatic heterocycles. The maximum absolute atomic E-state index is 5.30. The van der Waals surface area contributed by atoms with Gasteiger partial charge in [-0.05, 0) is 28.6 Å². The van der Waals surface area contributed by atoms with Crippen LogP contribution in [0.3, 0.4) is 0 Å². The Morgan fingerprint density at radius 3 is 1.86 bits per heavy atom. The summed E-state index contributed by atoms with van der Waals surface area (Å²) in [4.78, 5) is 10.2. The van der Waals surface area contributed by atoms with Crippen LogP contribution >= 0.6 is 22.7 Å². The molecule has 0 fully saturated rings. The Morgan fingerprint density at radius 2 is 1.19 bits per heavy atom. The molecule has 6 aromatic rings. The van der Waals surface area contributed by atoms with Gasteiger partial charge in [-0.1, -0.05) is 127 Å². The molecule has 0 saturated carbocycles. The van der Waals surface area contributed by atoms with Crippen molar-refractivity contribution < 1.29 is 0 Å². The largest absolute Gasteiger partial charge is 0.312 e. The van der Waals surface area contributed by atoms with E-state index in [1.54, 1.807) is 22.7 Å². The molecule has 2 heterocycles. The Balaban J connectivity index is 1.54. The maximum atomic E-state index is 5.30. The number of thiophene rings is 1. The van der Waals surface area contributed by atoms with Gasteiger partial charge >= 0.3 is 0 Å². The van der Waals surface area contributed by atoms with Crippen molar-refractivity contribution in [3.63, 3.8) is 0 Å². The highest BCUT2D eigenvalue weighted by Gasteiger charge is 2.22. The zero-order chi connectivity index (χ0) is 24.2. The predicted molar refractivity (Wildman–Crippen MR) is 155 cm³/mol. The molecule has 36 heavy (non-hydrogen) atoms. The minimum atomic E-state index is 0.761. The van der Waals surface area contributed by atoms with Crippen LogP contribution in [0.2, 0.25) is 0 Å². The summed E-state index contributed by atoms with van der Waals surface area (Å²) in [6.07, 6.45) is 0. The molecule has 0 unspecified atom stereocenters. The first-order valence-corrected chi connectivity index (χ1v) is 13.6. The lowest BCUT2D eigenvalue weighted by Crippen LogP contribution is -2.16. The van der Waals surface area contributed by atoms with E-state index in [0.29, 0.717) is 0 Å². The zero-order valence-corrected chi connectivity index (χ0v) is 21.3. The third-order valence-electron chi connectivity index (χ3n) is 6.10. The van der Waals surface area contributed by atoms with Crippen molar-refractivity contribution in [1.29, 1.82) is 0 Å². The lowest BCUT2D eigenvalue weighted by atomic mass is 10.0. The maximum Gasteiger partial charge on any atom is 0.191 e. The second-order valence-corrected chi connectivity index (χ2v) is 10.5. The molecule has 0 saturated heterocycles. The average molecular weight is 501 g/mol. The number of benzene rings is 4. The molecular formula is C32H24N2S2. The molecule has 2 aromatic heterocycles. The molecule has 0 N–H and O–H groups in total. The van der Waals surface area contributed by atoms with E-state index in [2.05, 4.69) is 138 Å². The summed E-state index contributed by atoms with van der Waals surface area (Å²) >= 11 is 3.54. The van der Waals surface area contributed by atoms with E-state index in [1.807, 2.05) is 0 Å². The van der Waals surface area contributed by atoms with Gasteiger partial charge in [-0.2, -0.15) is 0 Å². The number of rotatable bonds is 7. The summed E-state index contributed by atoms with van der Waals surface area (Å²) in [5.74, 6) is 0. The number of anilines is 2. The van der Waals surface area contributed by atoms with E-state index >= 15 is 0 Å². The molecule has 0 aliphatic carbocycles. The van der Waals surface area contributed by atoms with Gasteiger partial charge < -0.3 is 4.90 Å². The van der Waals surface area contributed by atoms with Crippen molar-refractivity contribution in [2.24, 2.45) is 0 Å². The number of thiazole rings is 1. The summed E-state index contributed by atoms with van der Waals surface area (Å²) in [6.45, 7) is 0.761. The molecule has 0 bridgehead atoms. The van der Waals surface area contributed by atoms with Crippen molar-refractivity contribution in [3.8, 4) is 32.8 Å². The summed E-state index contributed by atoms with van der Waals surface area (Å²) < 4.78 is 0. The van der Waals surface area contributed by atoms with Gasteiger partial charge in [-0.15, -0.1) is 11.3 Å². The molecule has 0 radical (unpaired) electrons. The molecule has 4 aromatic carbocycles. The van der Waals surface area contributed by atoms with Crippen LogP contribution in [-0.2, 0) is 6.54 Å². The van der Waals surface area contributed by atoms with Crippen molar-refractivity contribution >= 4 is 33.5 Å². The van der Waals surface area contributed by atoms with Crippen LogP contribution in [-0.4, -0.2) is 4.98 Å². The minimum absolute atomic E-state index is 0.761. The van der Waals surface area contributed by atoms with Gasteiger partial charge in [-0.25, -0.2) is 4.98 Å². The highest BCUT2D eigenvalue weighted by Crippen LogP contribution is 2.44. The standard InChI is InChI=1S/C32H24N2S2/c1-4-13-24(14-5-1)28-20-10-11-21-29(28)34(23-27-19-12-22-35-27)32-33-30(25-15-6-2-7-16-25)31(36-32)26-17-8-3-9-18-26/h1-22H,23H2. The lowest BCUT2D eigenvalue weighted by molar-refractivity contribution is 0.987. The molecule has 174 valence electrons. The Morgan fingerprint density at radius 1 is 0.583 bits per heavy atom. The number of nitrogens with zero attached hydrogens (tertiary/aromatic N) is 2. The number of hydrogen-bond donors (Lipinski definition) is 0. The smallest absolute Gasteiger partial charge is 0.191 e. The van der Waals surface area contributed by atoms with Crippen LogP contribution in [0.25, 0.3) is 32.8 Å². The number of para-hydroxylation sites is 1. The molecule has 0 amide bonds. The quantitative estimate of drug-likeness (QED) is 0.217. The number of hydrogen-bond acceptors (Lipinski definition) is 4. The Kier molecular flexibility index (Phi) is 6.44. The summed E-state index contributed by atoms with van der Waals surface area (Å²) in [6, 6.07) is 44.7. The minimum Gasteiger partial charge on any atom is -0.312 e. The topological polar surface area (TPSA) is 16.1 Å². The number of aromatic nitrogens is 1. The highest BCUT2D eigenvalue weighted by molar-refractivity contribution is 7.19. The SMILES string of the molecule is c1ccc(-c2ccccc2N(Cc2cccs2)c2nc(-c3ccccc3)c(-c3ccccc3)s2)cc1. The van der Waals surface area contributed by atoms with Crippen LogP contribution in [0.15, 0.2) is 133 Å². The third-order valence-corrected chi connectivity index (χ3v) is 8.09. The Labute approximate surface area is 219 Å². The van der Waals surface area contributed by atoms with Gasteiger partial charge in [0.2, 0.25) is 0 Å². The van der Waals surface area contributed by atoms with E-state index in [4.69, 9.17) is 4.98 Å². The van der Waals surface area contributed by atoms with Crippen LogP contribution in [0.4, 0.5) is 10.8 Å². The van der Waals surface area contributed by atoms with Crippen molar-refractivity contribution in [1.82, 2.24) is 4.98 Å². The third kappa shape index (κ3) is 4.61. The highest BCUT2D eigenvalue weighted by atomic mass is 32.1. The second kappa shape index (κ2) is 10.3. The van der Waals surface area contributed by atoms with Gasteiger partial charge in [0.15, 0.2) is 5.13 Å². The fourth-order valence-electron chi connectivity index (χ4n) is 4.39. The predicted octanol–water partition coefficient (Wildman–Crippen LogP) is 9.54. The van der Waals surface area contributed by atoms with Crippen molar-refractivity contribution in [2.75, 3.05) is 4.90 Å². The van der Waals surface area contributed by atoms with Crippen molar-refractivity contribution in [2.45, 2.75) is 6.54 Å². The summed E-state index contributed by atoms with van der Waals surface area (Å²) in [7, 11) is 0. The second-order valence-electron chi connectivity index (χ2n) is 8.45. The van der Waals surface area contributed by atoms with Gasteiger partial charge in [0, 0.05) is 16.0 Å². The van der Waals surface area contributed by atoms with Crippen LogP contribution in [0.1, 0.15) is 4.88 Å². The summed E-state index contributed by atoms with van der Waals surface area (Å²) in [5.41, 5.74) is 6.90. The lowest BCUT2D eigenvalue weighted by Gasteiger charge is -2.24. The zero-order valence-electron chi connectivity index (χ0n) is 19.6. The van der Waals surface area contributed by atoms with E-state index in [0.717, 1.165) is 28.6 Å². The molecule has 0 atom stereocenters. The van der Waals surface area contributed by atoms with E-state index in [9.17, 15) is 0 Å². The normalized spacial score (nSPS) is 10.9. The fourth-order valence-corrected chi connectivity index (χ4v) is 6.19. The van der Waals surface area contributed by atoms with Crippen LogP contribution < -0.4 is 4.90 Å². The first kappa shape index (κ1) is 22.5. The van der Waals surface area contributed by atoms with Crippen molar-refractivity contribution in [3.05, 3.63) is 138 Å². The van der Waals surface area contributed by atoms with Gasteiger partial charge in [0.05, 0.1) is 22.8 Å². The molecule has 0 aliphatic rings. The van der Waals surface area contributed by atoms with Crippen LogP contribution in [0.5, 0.6) is 0 Å². The van der Waals surface area contributed by atoms with Crippen LogP contribution in [0, 0.1) is 0 Å². The molecule has 4 heteroatoms. The first-order valence-electron chi connectivity index (χ1n) is 11.9. The Hall–Kier alpha value is -3.99. The van der Waals surface area contributed by atoms with Gasteiger partial charge in [-0.3, -0.25) is 0 Å². The Bertz CT molecular complexity index is 1480. The van der Waals surface area contributed by atoms with Gasteiger partial charge in [0.25, 0.3) is 0 Å². The summed E-state index contributed by atoms with van der Waals surface area (Å²) in [5, 5.41) is 3.13. The molecule has 2 nitrogen and oxygen atoms in total. The molecule has 6 rings (SSSR count). The fraction of sp³-hybridized carbons (Fsp3) is 0.0312. The van der Waals surface area contributed by atoms with E-state index in [1.165, 1.54) is 26.4 Å². The van der Waals surface area contributed by atoms with E-state index in [-0.39, 0.29) is 0 Å². The molecular weight excluding hydrogens is 477 g/mol.